The van der Waals surface area contributed by atoms with E-state index in [1.165, 1.54) is 62.4 Å². The first kappa shape index (κ1) is 33.4. The molecule has 3 rings (SSSR count). The van der Waals surface area contributed by atoms with Gasteiger partial charge in [0, 0.05) is 22.3 Å². The van der Waals surface area contributed by atoms with Gasteiger partial charge in [-0.15, -0.1) is 0 Å². The molecular formula is C36H54N2Pd. The molecule has 0 amide bonds. The summed E-state index contributed by atoms with van der Waals surface area (Å²) in [6.07, 6.45) is 13.7. The van der Waals surface area contributed by atoms with Crippen molar-refractivity contribution in [2.75, 3.05) is 0 Å². The number of rotatable bonds is 16. The zero-order valence-electron chi connectivity index (χ0n) is 25.7. The Balaban J connectivity index is 0.000000976. The van der Waals surface area contributed by atoms with Crippen LogP contribution < -0.4 is 0 Å². The van der Waals surface area contributed by atoms with Crippen LogP contribution in [0.4, 0.5) is 0 Å². The van der Waals surface area contributed by atoms with E-state index in [4.69, 9.17) is 0 Å². The standard InChI is InChI=1S/C32H44N2.2C2H5.Pd/c1-5-9-13-25-17-21-27(22-18-25)31-29(15-11-7-3)30(16-12-8-4)32(34(31)33)28-23-19-26(20-24-28)14-10-6-2;2*1-2;/h17-24H,5-16H2,1-4H3;2*1H2,2H3;. The van der Waals surface area contributed by atoms with Crippen LogP contribution in [0, 0.1) is 0 Å². The maximum atomic E-state index is 11.6. The van der Waals surface area contributed by atoms with Crippen molar-refractivity contribution in [2.24, 2.45) is 0 Å². The summed E-state index contributed by atoms with van der Waals surface area (Å²) in [6.45, 7) is 13.4. The Morgan fingerprint density at radius 2 is 0.846 bits per heavy atom. The molecular weight excluding hydrogens is 567 g/mol. The van der Waals surface area contributed by atoms with Crippen LogP contribution in [0.25, 0.3) is 16.9 Å². The second-order valence-electron chi connectivity index (χ2n) is 10.4. The zero-order chi connectivity index (χ0) is 28.5. The normalized spacial score (nSPS) is 13.3. The molecule has 1 aliphatic heterocycles. The van der Waals surface area contributed by atoms with Crippen LogP contribution in [0.15, 0.2) is 59.7 Å². The van der Waals surface area contributed by atoms with Gasteiger partial charge in [0.2, 0.25) is 11.4 Å². The van der Waals surface area contributed by atoms with Crippen molar-refractivity contribution >= 4 is 11.4 Å². The fourth-order valence-electron chi connectivity index (χ4n) is 5.07. The first-order valence-corrected chi connectivity index (χ1v) is 17.8. The molecule has 0 unspecified atom stereocenters. The van der Waals surface area contributed by atoms with Crippen LogP contribution in [0.3, 0.4) is 0 Å². The van der Waals surface area contributed by atoms with Crippen LogP contribution >= 0.6 is 0 Å². The van der Waals surface area contributed by atoms with Crippen molar-refractivity contribution in [1.82, 2.24) is 0 Å². The van der Waals surface area contributed by atoms with Crippen LogP contribution in [-0.4, -0.2) is 4.70 Å². The summed E-state index contributed by atoms with van der Waals surface area (Å²) >= 11 is 1.04. The van der Waals surface area contributed by atoms with Gasteiger partial charge in [-0.1, -0.05) is 77.6 Å². The minimum absolute atomic E-state index is 0.992. The van der Waals surface area contributed by atoms with E-state index < -0.39 is 0 Å². The third-order valence-corrected chi connectivity index (χ3v) is 8.88. The zero-order valence-corrected chi connectivity index (χ0v) is 27.3. The Morgan fingerprint density at radius 1 is 0.513 bits per heavy atom. The molecule has 39 heavy (non-hydrogen) atoms. The molecule has 0 atom stereocenters. The Hall–Kier alpha value is -1.82. The Labute approximate surface area is 249 Å². The molecule has 0 radical (unpaired) electrons. The summed E-state index contributed by atoms with van der Waals surface area (Å²) < 4.78 is 1.51. The average molecular weight is 621 g/mol. The minimum atomic E-state index is 0.992. The van der Waals surface area contributed by atoms with E-state index in [1.807, 2.05) is 0 Å². The molecule has 2 aromatic rings. The molecule has 0 bridgehead atoms. The SMILES string of the molecule is CCCCC1=C(c2ccc(CCCC)cc2)[N+](=[N-])C(c2ccc(CCCC)cc2)=C1CCCC.C[CH2][Pd][CH2]C. The first-order chi connectivity index (χ1) is 19.1. The topological polar surface area (TPSA) is 25.3 Å². The monoisotopic (exact) mass is 620 g/mol. The van der Waals surface area contributed by atoms with Crippen LogP contribution in [-0.2, 0) is 30.8 Å². The van der Waals surface area contributed by atoms with E-state index in [-0.39, 0.29) is 0 Å². The molecule has 1 aliphatic rings. The quantitative estimate of drug-likeness (QED) is 0.132. The summed E-state index contributed by atoms with van der Waals surface area (Å²) in [5.41, 5.74) is 21.3. The molecule has 0 aromatic heterocycles. The number of aryl methyl sites for hydroxylation is 2. The summed E-state index contributed by atoms with van der Waals surface area (Å²) in [5, 5.41) is 0. The van der Waals surface area contributed by atoms with Crippen molar-refractivity contribution in [2.45, 2.75) is 128 Å². The van der Waals surface area contributed by atoms with Gasteiger partial charge >= 0.3 is 41.6 Å². The van der Waals surface area contributed by atoms with Gasteiger partial charge in [-0.3, -0.25) is 0 Å². The number of hydrogen-bond acceptors (Lipinski definition) is 0. The van der Waals surface area contributed by atoms with Crippen molar-refractivity contribution in [1.29, 1.82) is 0 Å². The molecule has 2 aromatic carbocycles. The number of nitrogens with zero attached hydrogens (tertiary/aromatic N) is 2. The predicted molar refractivity (Wildman–Crippen MR) is 168 cm³/mol. The third kappa shape index (κ3) is 10.3. The van der Waals surface area contributed by atoms with Crippen molar-refractivity contribution in [3.8, 4) is 0 Å². The molecule has 3 heteroatoms. The number of benzene rings is 2. The third-order valence-electron chi connectivity index (χ3n) is 7.33. The summed E-state index contributed by atoms with van der Waals surface area (Å²) in [4.78, 5) is 2.79. The van der Waals surface area contributed by atoms with Crippen LogP contribution in [0.5, 0.6) is 0 Å². The van der Waals surface area contributed by atoms with Gasteiger partial charge in [-0.05, 0) is 86.8 Å². The van der Waals surface area contributed by atoms with E-state index in [1.54, 1.807) is 0 Å². The molecule has 0 saturated carbocycles. The molecule has 0 N–H and O–H groups in total. The van der Waals surface area contributed by atoms with Gasteiger partial charge in [0.15, 0.2) is 0 Å². The van der Waals surface area contributed by atoms with E-state index in [0.29, 0.717) is 0 Å². The molecule has 218 valence electrons. The molecule has 0 aliphatic carbocycles. The van der Waals surface area contributed by atoms with E-state index in [9.17, 15) is 5.53 Å². The van der Waals surface area contributed by atoms with E-state index in [2.05, 4.69) is 90.1 Å². The fraction of sp³-hybridized carbons (Fsp3) is 0.556. The van der Waals surface area contributed by atoms with Gasteiger partial charge in [-0.25, -0.2) is 4.70 Å². The molecule has 0 spiro atoms. The van der Waals surface area contributed by atoms with Crippen LogP contribution in [0.1, 0.15) is 128 Å². The van der Waals surface area contributed by atoms with E-state index in [0.717, 1.165) is 91.9 Å². The molecule has 1 heterocycles. The molecule has 2 nitrogen and oxygen atoms in total. The second-order valence-corrected chi connectivity index (χ2v) is 13.4. The second kappa shape index (κ2) is 19.3. The van der Waals surface area contributed by atoms with Crippen LogP contribution in [0.2, 0.25) is 9.79 Å². The number of hydrogen-bond donors (Lipinski definition) is 0. The van der Waals surface area contributed by atoms with Gasteiger partial charge in [-0.2, -0.15) is 0 Å². The molecule has 0 saturated heterocycles. The Morgan fingerprint density at radius 3 is 1.13 bits per heavy atom. The maximum absolute atomic E-state index is 11.6. The summed E-state index contributed by atoms with van der Waals surface area (Å²) in [5.74, 6) is 0. The average Bonchev–Trinajstić information content (AvgIpc) is 3.24. The van der Waals surface area contributed by atoms with Gasteiger partial charge < -0.3 is 5.53 Å². The summed E-state index contributed by atoms with van der Waals surface area (Å²) in [6, 6.07) is 17.8. The van der Waals surface area contributed by atoms with E-state index >= 15 is 0 Å². The molecule has 0 fully saturated rings. The van der Waals surface area contributed by atoms with Crippen molar-refractivity contribution in [3.63, 3.8) is 0 Å². The van der Waals surface area contributed by atoms with Gasteiger partial charge in [0.05, 0.1) is 0 Å². The predicted octanol–water partition coefficient (Wildman–Crippen LogP) is 11.9. The fourth-order valence-corrected chi connectivity index (χ4v) is 5.85. The first-order valence-electron chi connectivity index (χ1n) is 15.6. The number of allylic oxidation sites excluding steroid dienone is 2. The number of unbranched alkanes of at least 4 members (excludes halogenated alkanes) is 4. The van der Waals surface area contributed by atoms with Crippen molar-refractivity contribution < 1.29 is 22.7 Å². The van der Waals surface area contributed by atoms with Gasteiger partial charge in [0.1, 0.15) is 0 Å². The Bertz CT molecular complexity index is 961. The Kier molecular flexibility index (Phi) is 16.5. The summed E-state index contributed by atoms with van der Waals surface area (Å²) in [7, 11) is 0. The van der Waals surface area contributed by atoms with Crippen molar-refractivity contribution in [3.05, 3.63) is 87.5 Å². The van der Waals surface area contributed by atoms with Gasteiger partial charge in [0.25, 0.3) is 0 Å².